The number of hydrogen-bond donors (Lipinski definition) is 2. The average Bonchev–Trinajstić information content (AvgIpc) is 2.57. The minimum atomic E-state index is -0.788. The molecule has 0 bridgehead atoms. The van der Waals surface area contributed by atoms with Crippen molar-refractivity contribution < 1.29 is 19.4 Å². The van der Waals surface area contributed by atoms with Gasteiger partial charge in [-0.3, -0.25) is 14.6 Å². The second-order valence-electron chi connectivity index (χ2n) is 6.25. The van der Waals surface area contributed by atoms with Crippen molar-refractivity contribution in [1.82, 2.24) is 10.3 Å². The van der Waals surface area contributed by atoms with E-state index in [0.29, 0.717) is 25.2 Å². The Bertz CT molecular complexity index is 742. The highest BCUT2D eigenvalue weighted by molar-refractivity contribution is 5.79. The number of carboxylic acids is 1. The van der Waals surface area contributed by atoms with Gasteiger partial charge in [0.05, 0.1) is 12.3 Å². The van der Waals surface area contributed by atoms with Gasteiger partial charge in [0.2, 0.25) is 5.91 Å². The fraction of sp³-hybridized carbons (Fsp3) is 0.316. The zero-order valence-electron chi connectivity index (χ0n) is 13.7. The molecule has 0 aliphatic heterocycles. The van der Waals surface area contributed by atoms with Gasteiger partial charge in [0, 0.05) is 24.0 Å². The van der Waals surface area contributed by atoms with E-state index in [1.807, 2.05) is 36.4 Å². The van der Waals surface area contributed by atoms with E-state index in [0.717, 1.165) is 11.1 Å². The van der Waals surface area contributed by atoms with Crippen LogP contribution in [-0.2, 0) is 22.6 Å². The third-order valence-corrected chi connectivity index (χ3v) is 4.24. The highest BCUT2D eigenvalue weighted by atomic mass is 16.5. The molecule has 1 aromatic heterocycles. The number of hydrogen-bond acceptors (Lipinski definition) is 4. The van der Waals surface area contributed by atoms with E-state index in [2.05, 4.69) is 10.3 Å². The van der Waals surface area contributed by atoms with Gasteiger partial charge in [-0.15, -0.1) is 0 Å². The number of nitrogens with zero attached hydrogens (tertiary/aromatic N) is 1. The number of aliphatic carboxylic acids is 1. The number of carbonyl (C=O) groups is 2. The van der Waals surface area contributed by atoms with E-state index in [4.69, 9.17) is 9.84 Å². The molecule has 0 unspecified atom stereocenters. The molecule has 1 amide bonds. The lowest BCUT2D eigenvalue weighted by Gasteiger charge is -2.32. The first kappa shape index (κ1) is 17.0. The van der Waals surface area contributed by atoms with Crippen LogP contribution in [0.3, 0.4) is 0 Å². The van der Waals surface area contributed by atoms with Gasteiger partial charge in [-0.25, -0.2) is 0 Å². The zero-order valence-corrected chi connectivity index (χ0v) is 13.7. The van der Waals surface area contributed by atoms with Crippen LogP contribution in [0.1, 0.15) is 24.0 Å². The summed E-state index contributed by atoms with van der Waals surface area (Å²) in [6, 6.07) is 11.2. The van der Waals surface area contributed by atoms with Gasteiger partial charge in [0.15, 0.2) is 0 Å². The minimum Gasteiger partial charge on any atom is -0.489 e. The second kappa shape index (κ2) is 7.79. The highest BCUT2D eigenvalue weighted by Crippen LogP contribution is 2.27. The molecule has 1 aliphatic rings. The van der Waals surface area contributed by atoms with Crippen LogP contribution in [0.15, 0.2) is 48.8 Å². The lowest BCUT2D eigenvalue weighted by Crippen LogP contribution is -2.47. The minimum absolute atomic E-state index is 0.0291. The van der Waals surface area contributed by atoms with Gasteiger partial charge in [-0.05, 0) is 36.6 Å². The molecule has 1 fully saturated rings. The number of amides is 1. The van der Waals surface area contributed by atoms with Crippen molar-refractivity contribution in [1.29, 1.82) is 0 Å². The summed E-state index contributed by atoms with van der Waals surface area (Å²) in [5, 5.41) is 11.7. The summed E-state index contributed by atoms with van der Waals surface area (Å²) in [6.07, 6.45) is 4.73. The largest absolute Gasteiger partial charge is 0.489 e. The number of pyridine rings is 1. The van der Waals surface area contributed by atoms with Crippen LogP contribution in [-0.4, -0.2) is 28.0 Å². The number of carboxylic acid groups (broad SMARTS) is 1. The van der Waals surface area contributed by atoms with E-state index in [-0.39, 0.29) is 24.3 Å². The Morgan fingerprint density at radius 3 is 2.72 bits per heavy atom. The first-order chi connectivity index (χ1) is 12.1. The molecule has 1 aliphatic carbocycles. The summed E-state index contributed by atoms with van der Waals surface area (Å²) < 4.78 is 5.73. The summed E-state index contributed by atoms with van der Waals surface area (Å²) in [6.45, 7) is 0.419. The normalized spacial score (nSPS) is 18.9. The zero-order chi connectivity index (χ0) is 17.6. The molecule has 2 aromatic rings. The number of carbonyl (C=O) groups excluding carboxylic acids is 1. The van der Waals surface area contributed by atoms with Gasteiger partial charge in [-0.2, -0.15) is 0 Å². The number of rotatable bonds is 7. The molecule has 1 saturated carbocycles. The smallest absolute Gasteiger partial charge is 0.306 e. The molecular formula is C19H20N2O4. The summed E-state index contributed by atoms with van der Waals surface area (Å²) in [5.74, 6) is -0.513. The molecule has 0 radical (unpaired) electrons. The summed E-state index contributed by atoms with van der Waals surface area (Å²) in [5.41, 5.74) is 1.83. The lowest BCUT2D eigenvalue weighted by molar-refractivity contribution is -0.146. The third-order valence-electron chi connectivity index (χ3n) is 4.24. The number of benzene rings is 1. The molecule has 6 heteroatoms. The van der Waals surface area contributed by atoms with Crippen molar-refractivity contribution in [3.05, 3.63) is 59.9 Å². The summed E-state index contributed by atoms with van der Waals surface area (Å²) in [7, 11) is 0. The molecule has 6 nitrogen and oxygen atoms in total. The first-order valence-electron chi connectivity index (χ1n) is 8.23. The van der Waals surface area contributed by atoms with Crippen molar-refractivity contribution in [2.45, 2.75) is 31.9 Å². The van der Waals surface area contributed by atoms with Crippen LogP contribution in [0.25, 0.3) is 0 Å². The van der Waals surface area contributed by atoms with Crippen LogP contribution in [0.5, 0.6) is 5.75 Å². The molecule has 1 aromatic carbocycles. The monoisotopic (exact) mass is 340 g/mol. The van der Waals surface area contributed by atoms with Crippen LogP contribution in [0.4, 0.5) is 0 Å². The quantitative estimate of drug-likeness (QED) is 0.806. The van der Waals surface area contributed by atoms with Gasteiger partial charge >= 0.3 is 5.97 Å². The van der Waals surface area contributed by atoms with Crippen molar-refractivity contribution in [3.8, 4) is 5.75 Å². The second-order valence-corrected chi connectivity index (χ2v) is 6.25. The standard InChI is InChI=1S/C19H20N2O4/c22-18(21-16-9-15(10-16)19(23)24)8-13-3-1-5-17(7-13)25-12-14-4-2-6-20-11-14/h1-7,11,15-16H,8-10,12H2,(H,21,22)(H,23,24). The van der Waals surface area contributed by atoms with E-state index in [1.165, 1.54) is 0 Å². The number of ether oxygens (including phenoxy) is 1. The van der Waals surface area contributed by atoms with Crippen molar-refractivity contribution in [3.63, 3.8) is 0 Å². The Kier molecular flexibility index (Phi) is 5.28. The molecule has 3 rings (SSSR count). The molecular weight excluding hydrogens is 320 g/mol. The molecule has 0 spiro atoms. The van der Waals surface area contributed by atoms with E-state index in [9.17, 15) is 9.59 Å². The Labute approximate surface area is 145 Å². The third kappa shape index (κ3) is 4.79. The Balaban J connectivity index is 1.48. The maximum atomic E-state index is 12.1. The molecule has 0 saturated heterocycles. The van der Waals surface area contributed by atoms with Gasteiger partial charge in [0.25, 0.3) is 0 Å². The first-order valence-corrected chi connectivity index (χ1v) is 8.23. The average molecular weight is 340 g/mol. The fourth-order valence-electron chi connectivity index (χ4n) is 2.80. The van der Waals surface area contributed by atoms with Crippen LogP contribution in [0.2, 0.25) is 0 Å². The van der Waals surface area contributed by atoms with Gasteiger partial charge in [-0.1, -0.05) is 18.2 Å². The van der Waals surface area contributed by atoms with E-state index in [1.54, 1.807) is 12.4 Å². The number of nitrogens with one attached hydrogen (secondary N) is 1. The van der Waals surface area contributed by atoms with E-state index >= 15 is 0 Å². The predicted molar refractivity (Wildman–Crippen MR) is 91.0 cm³/mol. The fourth-order valence-corrected chi connectivity index (χ4v) is 2.80. The van der Waals surface area contributed by atoms with Crippen LogP contribution >= 0.6 is 0 Å². The van der Waals surface area contributed by atoms with Crippen LogP contribution in [0, 0.1) is 5.92 Å². The predicted octanol–water partition coefficient (Wildman–Crippen LogP) is 2.18. The topological polar surface area (TPSA) is 88.5 Å². The summed E-state index contributed by atoms with van der Waals surface area (Å²) in [4.78, 5) is 26.9. The molecule has 2 N–H and O–H groups in total. The van der Waals surface area contributed by atoms with E-state index < -0.39 is 5.97 Å². The summed E-state index contributed by atoms with van der Waals surface area (Å²) >= 11 is 0. The molecule has 130 valence electrons. The SMILES string of the molecule is O=C(Cc1cccc(OCc2cccnc2)c1)NC1CC(C(=O)O)C1. The Morgan fingerprint density at radius 2 is 2.00 bits per heavy atom. The van der Waals surface area contributed by atoms with Gasteiger partial charge < -0.3 is 15.2 Å². The maximum absolute atomic E-state index is 12.1. The van der Waals surface area contributed by atoms with Crippen molar-refractivity contribution >= 4 is 11.9 Å². The Hall–Kier alpha value is -2.89. The molecule has 0 atom stereocenters. The van der Waals surface area contributed by atoms with Crippen molar-refractivity contribution in [2.75, 3.05) is 0 Å². The number of aromatic nitrogens is 1. The van der Waals surface area contributed by atoms with Gasteiger partial charge in [0.1, 0.15) is 12.4 Å². The molecule has 1 heterocycles. The Morgan fingerprint density at radius 1 is 1.20 bits per heavy atom. The lowest BCUT2D eigenvalue weighted by atomic mass is 9.80. The van der Waals surface area contributed by atoms with Crippen molar-refractivity contribution in [2.24, 2.45) is 5.92 Å². The van der Waals surface area contributed by atoms with Crippen LogP contribution < -0.4 is 10.1 Å². The maximum Gasteiger partial charge on any atom is 0.306 e. The highest BCUT2D eigenvalue weighted by Gasteiger charge is 2.35. The molecule has 25 heavy (non-hydrogen) atoms.